The summed E-state index contributed by atoms with van der Waals surface area (Å²) in [5.74, 6) is -0.233. The fraction of sp³-hybridized carbons (Fsp3) is 0.0909. The summed E-state index contributed by atoms with van der Waals surface area (Å²) < 4.78 is 38.4. The van der Waals surface area contributed by atoms with Gasteiger partial charge in [0.2, 0.25) is 10.0 Å². The minimum Gasteiger partial charge on any atom is -0.345 e. The lowest BCUT2D eigenvalue weighted by atomic mass is 10.00. The first-order chi connectivity index (χ1) is 14.3. The van der Waals surface area contributed by atoms with Crippen LogP contribution in [0.3, 0.4) is 0 Å². The first-order valence-corrected chi connectivity index (χ1v) is 11.0. The van der Waals surface area contributed by atoms with Crippen LogP contribution in [0, 0.1) is 0 Å². The van der Waals surface area contributed by atoms with Crippen LogP contribution >= 0.6 is 0 Å². The number of fused-ring (bicyclic) bond motifs is 1. The smallest absolute Gasteiger partial charge is 0.229 e. The highest BCUT2D eigenvalue weighted by Gasteiger charge is 2.16. The molecule has 0 fully saturated rings. The van der Waals surface area contributed by atoms with Crippen LogP contribution in [0.25, 0.3) is 22.2 Å². The van der Waals surface area contributed by atoms with Crippen LogP contribution < -0.4 is 4.72 Å². The summed E-state index contributed by atoms with van der Waals surface area (Å²) in [7, 11) is -3.40. The number of halogens is 1. The lowest BCUT2D eigenvalue weighted by Gasteiger charge is -2.07. The van der Waals surface area contributed by atoms with Gasteiger partial charge in [-0.25, -0.2) is 17.8 Å². The molecule has 0 unspecified atom stereocenters. The molecule has 0 aliphatic heterocycles. The number of nitrogens with zero attached hydrogens (tertiary/aromatic N) is 1. The summed E-state index contributed by atoms with van der Waals surface area (Å²) in [6.45, 7) is -0.640. The molecule has 2 aromatic carbocycles. The van der Waals surface area contributed by atoms with Crippen LogP contribution in [0.5, 0.6) is 0 Å². The molecule has 0 radical (unpaired) electrons. The number of carbonyl (C=O) groups is 1. The van der Waals surface area contributed by atoms with Crippen molar-refractivity contribution >= 4 is 32.5 Å². The largest absolute Gasteiger partial charge is 0.345 e. The van der Waals surface area contributed by atoms with Gasteiger partial charge in [-0.05, 0) is 35.4 Å². The maximum atomic E-state index is 13.0. The molecular weight excluding hydrogens is 405 g/mol. The Balaban J connectivity index is 1.75. The van der Waals surface area contributed by atoms with Gasteiger partial charge in [0.1, 0.15) is 12.3 Å². The summed E-state index contributed by atoms with van der Waals surface area (Å²) in [5, 5.41) is 0.629. The summed E-state index contributed by atoms with van der Waals surface area (Å²) in [6, 6.07) is 15.2. The maximum absolute atomic E-state index is 13.0. The molecule has 152 valence electrons. The van der Waals surface area contributed by atoms with Gasteiger partial charge in [0.25, 0.3) is 0 Å². The van der Waals surface area contributed by atoms with Crippen molar-refractivity contribution in [1.29, 1.82) is 0 Å². The standard InChI is InChI=1S/C22H18FN3O3S/c1-30(28,29)26-18-7-3-5-15(9-18)17-10-19-20(13-25-22(19)24-12-17)21(27)16-6-2-4-14(8-16)11-23/h2-10,12-13,26H,11H2,1H3,(H,24,25). The minimum absolute atomic E-state index is 0.233. The highest BCUT2D eigenvalue weighted by Crippen LogP contribution is 2.28. The normalized spacial score (nSPS) is 11.5. The fourth-order valence-corrected chi connectivity index (χ4v) is 3.83. The van der Waals surface area contributed by atoms with Crippen molar-refractivity contribution in [2.75, 3.05) is 11.0 Å². The number of alkyl halides is 1. The number of aromatic nitrogens is 2. The molecule has 0 saturated heterocycles. The summed E-state index contributed by atoms with van der Waals surface area (Å²) in [5.41, 5.74) is 3.73. The molecule has 2 N–H and O–H groups in total. The Hall–Kier alpha value is -3.52. The lowest BCUT2D eigenvalue weighted by Crippen LogP contribution is -2.09. The van der Waals surface area contributed by atoms with Crippen molar-refractivity contribution in [2.45, 2.75) is 6.67 Å². The Morgan fingerprint density at radius 1 is 1.10 bits per heavy atom. The second-order valence-electron chi connectivity index (χ2n) is 6.94. The van der Waals surface area contributed by atoms with Gasteiger partial charge in [0, 0.05) is 40.2 Å². The molecule has 0 spiro atoms. The predicted octanol–water partition coefficient (Wildman–Crippen LogP) is 4.30. The molecule has 4 rings (SSSR count). The van der Waals surface area contributed by atoms with E-state index in [-0.39, 0.29) is 5.78 Å². The molecule has 0 aliphatic carbocycles. The second kappa shape index (κ2) is 7.72. The first kappa shape index (κ1) is 19.8. The topological polar surface area (TPSA) is 91.9 Å². The third-order valence-corrected chi connectivity index (χ3v) is 5.22. The third kappa shape index (κ3) is 4.08. The molecule has 8 heteroatoms. The fourth-order valence-electron chi connectivity index (χ4n) is 3.28. The number of hydrogen-bond acceptors (Lipinski definition) is 4. The van der Waals surface area contributed by atoms with E-state index in [1.807, 2.05) is 12.1 Å². The van der Waals surface area contributed by atoms with E-state index in [0.29, 0.717) is 33.4 Å². The third-order valence-electron chi connectivity index (χ3n) is 4.62. The molecule has 0 amide bonds. The molecule has 30 heavy (non-hydrogen) atoms. The summed E-state index contributed by atoms with van der Waals surface area (Å²) in [4.78, 5) is 20.4. The minimum atomic E-state index is -3.40. The number of benzene rings is 2. The number of aromatic amines is 1. The van der Waals surface area contributed by atoms with Crippen molar-refractivity contribution in [1.82, 2.24) is 9.97 Å². The van der Waals surface area contributed by atoms with Gasteiger partial charge in [0.05, 0.1) is 6.26 Å². The Bertz CT molecular complexity index is 1360. The maximum Gasteiger partial charge on any atom is 0.229 e. The molecule has 0 atom stereocenters. The molecule has 2 heterocycles. The number of pyridine rings is 1. The lowest BCUT2D eigenvalue weighted by molar-refractivity contribution is 0.104. The number of H-pyrrole nitrogens is 1. The number of anilines is 1. The summed E-state index contributed by atoms with van der Waals surface area (Å²) in [6.07, 6.45) is 4.33. The van der Waals surface area contributed by atoms with Crippen LogP contribution in [0.4, 0.5) is 10.1 Å². The van der Waals surface area contributed by atoms with Crippen LogP contribution in [-0.2, 0) is 16.7 Å². The Labute approximate surface area is 172 Å². The second-order valence-corrected chi connectivity index (χ2v) is 8.69. The Morgan fingerprint density at radius 3 is 2.67 bits per heavy atom. The Kier molecular flexibility index (Phi) is 5.09. The van der Waals surface area contributed by atoms with E-state index in [9.17, 15) is 17.6 Å². The van der Waals surface area contributed by atoms with E-state index in [0.717, 1.165) is 17.4 Å². The van der Waals surface area contributed by atoms with Gasteiger partial charge >= 0.3 is 0 Å². The van der Waals surface area contributed by atoms with E-state index in [4.69, 9.17) is 0 Å². The number of sulfonamides is 1. The highest BCUT2D eigenvalue weighted by molar-refractivity contribution is 7.92. The molecular formula is C22H18FN3O3S. The van der Waals surface area contributed by atoms with Crippen LogP contribution in [0.2, 0.25) is 0 Å². The van der Waals surface area contributed by atoms with Gasteiger partial charge in [0.15, 0.2) is 5.78 Å². The van der Waals surface area contributed by atoms with E-state index in [1.165, 1.54) is 0 Å². The van der Waals surface area contributed by atoms with Gasteiger partial charge in [-0.15, -0.1) is 0 Å². The monoisotopic (exact) mass is 423 g/mol. The number of rotatable bonds is 6. The van der Waals surface area contributed by atoms with Crippen molar-refractivity contribution in [2.24, 2.45) is 0 Å². The molecule has 2 aromatic heterocycles. The van der Waals surface area contributed by atoms with Gasteiger partial charge in [-0.2, -0.15) is 0 Å². The van der Waals surface area contributed by atoms with Crippen molar-refractivity contribution in [3.8, 4) is 11.1 Å². The number of hydrogen-bond donors (Lipinski definition) is 2. The van der Waals surface area contributed by atoms with E-state index >= 15 is 0 Å². The van der Waals surface area contributed by atoms with Gasteiger partial charge in [-0.1, -0.05) is 30.3 Å². The van der Waals surface area contributed by atoms with E-state index in [1.54, 1.807) is 54.9 Å². The molecule has 6 nitrogen and oxygen atoms in total. The highest BCUT2D eigenvalue weighted by atomic mass is 32.2. The average Bonchev–Trinajstić information content (AvgIpc) is 3.15. The number of carbonyl (C=O) groups excluding carboxylic acids is 1. The average molecular weight is 423 g/mol. The number of nitrogens with one attached hydrogen (secondary N) is 2. The van der Waals surface area contributed by atoms with E-state index in [2.05, 4.69) is 14.7 Å². The van der Waals surface area contributed by atoms with Crippen LogP contribution in [-0.4, -0.2) is 30.4 Å². The van der Waals surface area contributed by atoms with E-state index < -0.39 is 16.7 Å². The SMILES string of the molecule is CS(=O)(=O)Nc1cccc(-c2cnc3[nH]cc(C(=O)c4cccc(CF)c4)c3c2)c1. The zero-order chi connectivity index (χ0) is 21.3. The first-order valence-electron chi connectivity index (χ1n) is 9.09. The molecule has 0 saturated carbocycles. The predicted molar refractivity (Wildman–Crippen MR) is 115 cm³/mol. The summed E-state index contributed by atoms with van der Waals surface area (Å²) >= 11 is 0. The zero-order valence-electron chi connectivity index (χ0n) is 16.0. The number of ketones is 1. The quantitative estimate of drug-likeness (QED) is 0.452. The molecule has 0 bridgehead atoms. The van der Waals surface area contributed by atoms with Crippen molar-refractivity contribution in [3.63, 3.8) is 0 Å². The Morgan fingerprint density at radius 2 is 1.90 bits per heavy atom. The molecule has 0 aliphatic rings. The van der Waals surface area contributed by atoms with Crippen molar-refractivity contribution in [3.05, 3.63) is 83.7 Å². The van der Waals surface area contributed by atoms with Gasteiger partial charge < -0.3 is 4.98 Å². The van der Waals surface area contributed by atoms with Crippen LogP contribution in [0.15, 0.2) is 67.0 Å². The van der Waals surface area contributed by atoms with Gasteiger partial charge in [-0.3, -0.25) is 9.52 Å². The molecule has 4 aromatic rings. The van der Waals surface area contributed by atoms with Crippen LogP contribution in [0.1, 0.15) is 21.5 Å². The zero-order valence-corrected chi connectivity index (χ0v) is 16.8. The van der Waals surface area contributed by atoms with Crippen molar-refractivity contribution < 1.29 is 17.6 Å².